The molecule has 0 spiro atoms. The van der Waals surface area contributed by atoms with Crippen LogP contribution in [0.5, 0.6) is 0 Å². The Morgan fingerprint density at radius 2 is 2.46 bits per heavy atom. The average molecular weight is 183 g/mol. The number of ether oxygens (including phenoxy) is 1. The fourth-order valence-electron chi connectivity index (χ4n) is 1.82. The van der Waals surface area contributed by atoms with Crippen molar-refractivity contribution in [1.82, 2.24) is 0 Å². The molecule has 1 fully saturated rings. The monoisotopic (exact) mass is 183 g/mol. The maximum atomic E-state index is 10.1. The van der Waals surface area contributed by atoms with Crippen molar-refractivity contribution in [3.05, 3.63) is 0 Å². The van der Waals surface area contributed by atoms with Crippen molar-refractivity contribution in [2.45, 2.75) is 38.2 Å². The summed E-state index contributed by atoms with van der Waals surface area (Å²) in [5.41, 5.74) is -0.886. The Hall–Kier alpha value is -0.590. The summed E-state index contributed by atoms with van der Waals surface area (Å²) in [6, 6.07) is 2.18. The summed E-state index contributed by atoms with van der Waals surface area (Å²) in [5.74, 6) is -0.266. The number of hydrogen-bond donors (Lipinski definition) is 1. The molecule has 1 saturated heterocycles. The van der Waals surface area contributed by atoms with Crippen LogP contribution >= 0.6 is 0 Å². The molecule has 0 aromatic heterocycles. The van der Waals surface area contributed by atoms with Crippen molar-refractivity contribution in [2.24, 2.45) is 5.92 Å². The second kappa shape index (κ2) is 4.59. The lowest BCUT2D eigenvalue weighted by molar-refractivity contribution is -0.109. The molecule has 74 valence electrons. The van der Waals surface area contributed by atoms with Gasteiger partial charge in [-0.15, -0.1) is 0 Å². The Morgan fingerprint density at radius 3 is 2.92 bits per heavy atom. The molecule has 3 nitrogen and oxygen atoms in total. The highest BCUT2D eigenvalue weighted by Crippen LogP contribution is 2.29. The zero-order valence-corrected chi connectivity index (χ0v) is 8.12. The maximum Gasteiger partial charge on any atom is 0.104 e. The van der Waals surface area contributed by atoms with E-state index in [1.54, 1.807) is 0 Å². The van der Waals surface area contributed by atoms with E-state index in [-0.39, 0.29) is 5.92 Å². The van der Waals surface area contributed by atoms with E-state index in [1.165, 1.54) is 0 Å². The largest absolute Gasteiger partial charge is 0.386 e. The first-order valence-corrected chi connectivity index (χ1v) is 4.92. The second-order valence-electron chi connectivity index (χ2n) is 3.73. The Labute approximate surface area is 79.3 Å². The lowest BCUT2D eigenvalue weighted by Gasteiger charge is -2.35. The van der Waals surface area contributed by atoms with Gasteiger partial charge in [0.1, 0.15) is 5.60 Å². The lowest BCUT2D eigenvalue weighted by Crippen LogP contribution is -2.45. The predicted octanol–water partition coefficient (Wildman–Crippen LogP) is 1.47. The van der Waals surface area contributed by atoms with Gasteiger partial charge >= 0.3 is 0 Å². The van der Waals surface area contributed by atoms with Crippen molar-refractivity contribution >= 4 is 0 Å². The van der Waals surface area contributed by atoms with Gasteiger partial charge in [0, 0.05) is 6.61 Å². The van der Waals surface area contributed by atoms with E-state index in [1.807, 2.05) is 6.92 Å². The summed E-state index contributed by atoms with van der Waals surface area (Å²) in [5, 5.41) is 19.0. The van der Waals surface area contributed by atoms with E-state index in [4.69, 9.17) is 10.00 Å². The maximum absolute atomic E-state index is 10.1. The third-order valence-electron chi connectivity index (χ3n) is 2.63. The van der Waals surface area contributed by atoms with Crippen LogP contribution in [0.2, 0.25) is 0 Å². The molecule has 1 N–H and O–H groups in total. The first-order chi connectivity index (χ1) is 6.23. The standard InChI is InChI=1S/C10H17NO2/c1-2-4-9(7-11)10(12)5-3-6-13-8-10/h9,12H,2-6,8H2,1H3. The van der Waals surface area contributed by atoms with Crippen molar-refractivity contribution in [1.29, 1.82) is 5.26 Å². The van der Waals surface area contributed by atoms with Crippen LogP contribution in [-0.4, -0.2) is 23.9 Å². The molecule has 0 radical (unpaired) electrons. The minimum Gasteiger partial charge on any atom is -0.386 e. The van der Waals surface area contributed by atoms with E-state index in [0.29, 0.717) is 19.6 Å². The molecule has 1 aliphatic heterocycles. The number of nitrogens with zero attached hydrogens (tertiary/aromatic N) is 1. The van der Waals surface area contributed by atoms with Crippen LogP contribution in [0.15, 0.2) is 0 Å². The topological polar surface area (TPSA) is 53.2 Å². The van der Waals surface area contributed by atoms with Crippen LogP contribution in [0.4, 0.5) is 0 Å². The van der Waals surface area contributed by atoms with Gasteiger partial charge in [0.25, 0.3) is 0 Å². The highest BCUT2D eigenvalue weighted by atomic mass is 16.5. The highest BCUT2D eigenvalue weighted by molar-refractivity contribution is 4.99. The minimum atomic E-state index is -0.886. The normalized spacial score (nSPS) is 30.8. The molecule has 2 atom stereocenters. The van der Waals surface area contributed by atoms with Gasteiger partial charge in [0.15, 0.2) is 0 Å². The predicted molar refractivity (Wildman–Crippen MR) is 49.0 cm³/mol. The molecular weight excluding hydrogens is 166 g/mol. The van der Waals surface area contributed by atoms with E-state index in [9.17, 15) is 5.11 Å². The van der Waals surface area contributed by atoms with E-state index in [2.05, 4.69) is 6.07 Å². The van der Waals surface area contributed by atoms with Crippen LogP contribution in [0.1, 0.15) is 32.6 Å². The van der Waals surface area contributed by atoms with Crippen molar-refractivity contribution in [2.75, 3.05) is 13.2 Å². The zero-order chi connectivity index (χ0) is 9.73. The molecule has 13 heavy (non-hydrogen) atoms. The quantitative estimate of drug-likeness (QED) is 0.720. The molecule has 0 aromatic rings. The van der Waals surface area contributed by atoms with Crippen LogP contribution in [0.3, 0.4) is 0 Å². The molecule has 0 amide bonds. The van der Waals surface area contributed by atoms with Crippen molar-refractivity contribution < 1.29 is 9.84 Å². The van der Waals surface area contributed by atoms with Gasteiger partial charge < -0.3 is 9.84 Å². The molecule has 3 heteroatoms. The number of nitriles is 1. The molecule has 0 aliphatic carbocycles. The average Bonchev–Trinajstić information content (AvgIpc) is 2.15. The van der Waals surface area contributed by atoms with Crippen molar-refractivity contribution in [3.8, 4) is 6.07 Å². The first kappa shape index (κ1) is 10.5. The van der Waals surface area contributed by atoms with Gasteiger partial charge in [-0.2, -0.15) is 5.26 Å². The van der Waals surface area contributed by atoms with Crippen molar-refractivity contribution in [3.63, 3.8) is 0 Å². The third kappa shape index (κ3) is 2.43. The minimum absolute atomic E-state index is 0.266. The summed E-state index contributed by atoms with van der Waals surface area (Å²) in [7, 11) is 0. The second-order valence-corrected chi connectivity index (χ2v) is 3.73. The van der Waals surface area contributed by atoms with Crippen LogP contribution in [0.25, 0.3) is 0 Å². The number of aliphatic hydroxyl groups is 1. The summed E-state index contributed by atoms with van der Waals surface area (Å²) in [4.78, 5) is 0. The van der Waals surface area contributed by atoms with E-state index >= 15 is 0 Å². The number of hydrogen-bond acceptors (Lipinski definition) is 3. The Balaban J connectivity index is 2.59. The SMILES string of the molecule is CCCC(C#N)C1(O)CCCOC1. The first-order valence-electron chi connectivity index (χ1n) is 4.92. The zero-order valence-electron chi connectivity index (χ0n) is 8.12. The highest BCUT2D eigenvalue weighted by Gasteiger charge is 2.38. The molecule has 0 bridgehead atoms. The molecular formula is C10H17NO2. The molecule has 0 saturated carbocycles. The Morgan fingerprint density at radius 1 is 1.69 bits per heavy atom. The molecule has 2 unspecified atom stereocenters. The van der Waals surface area contributed by atoms with Crippen LogP contribution < -0.4 is 0 Å². The Bertz CT molecular complexity index is 192. The van der Waals surface area contributed by atoms with Gasteiger partial charge in [-0.25, -0.2) is 0 Å². The van der Waals surface area contributed by atoms with Crippen LogP contribution in [-0.2, 0) is 4.74 Å². The molecule has 1 aliphatic rings. The summed E-state index contributed by atoms with van der Waals surface area (Å²) in [6.45, 7) is 3.06. The lowest BCUT2D eigenvalue weighted by atomic mass is 9.81. The van der Waals surface area contributed by atoms with Gasteiger partial charge in [-0.3, -0.25) is 0 Å². The molecule has 1 rings (SSSR count). The summed E-state index contributed by atoms with van der Waals surface area (Å²) < 4.78 is 5.21. The fraction of sp³-hybridized carbons (Fsp3) is 0.900. The Kier molecular flexibility index (Phi) is 3.71. The summed E-state index contributed by atoms with van der Waals surface area (Å²) in [6.07, 6.45) is 3.25. The van der Waals surface area contributed by atoms with Crippen LogP contribution in [0, 0.1) is 17.2 Å². The van der Waals surface area contributed by atoms with Gasteiger partial charge in [0.05, 0.1) is 18.6 Å². The number of rotatable bonds is 3. The van der Waals surface area contributed by atoms with E-state index in [0.717, 1.165) is 19.3 Å². The van der Waals surface area contributed by atoms with Gasteiger partial charge in [-0.05, 0) is 19.3 Å². The molecule has 1 heterocycles. The van der Waals surface area contributed by atoms with Gasteiger partial charge in [0.2, 0.25) is 0 Å². The fourth-order valence-corrected chi connectivity index (χ4v) is 1.82. The van der Waals surface area contributed by atoms with Gasteiger partial charge in [-0.1, -0.05) is 13.3 Å². The third-order valence-corrected chi connectivity index (χ3v) is 2.63. The smallest absolute Gasteiger partial charge is 0.104 e. The molecule has 0 aromatic carbocycles. The summed E-state index contributed by atoms with van der Waals surface area (Å²) >= 11 is 0. The van der Waals surface area contributed by atoms with E-state index < -0.39 is 5.60 Å².